The number of hydrogen-bond donors (Lipinski definition) is 1. The van der Waals surface area contributed by atoms with Crippen molar-refractivity contribution in [3.8, 4) is 5.75 Å². The van der Waals surface area contributed by atoms with Crippen molar-refractivity contribution in [1.82, 2.24) is 5.32 Å². The summed E-state index contributed by atoms with van der Waals surface area (Å²) in [5.74, 6) is 0.940. The van der Waals surface area contributed by atoms with Crippen molar-refractivity contribution in [1.29, 1.82) is 0 Å². The largest absolute Gasteiger partial charge is 0.497 e. The number of hydrogen-bond acceptors (Lipinski definition) is 3. The number of ether oxygens (including phenoxy) is 2. The number of benzene rings is 1. The molecule has 104 valence electrons. The topological polar surface area (TPSA) is 30.5 Å². The maximum Gasteiger partial charge on any atom is 0.123 e. The molecule has 3 heteroatoms. The highest BCUT2D eigenvalue weighted by Crippen LogP contribution is 2.26. The van der Waals surface area contributed by atoms with Gasteiger partial charge in [-0.15, -0.1) is 0 Å². The standard InChI is InChI=1S/C16H23NO2/c1-12-7-8-16(18-3)15(10-12)13(2)17-11-14-6-4-5-9-19-14/h5,7-10,13-14,17H,4,6,11H2,1-3H3. The van der Waals surface area contributed by atoms with Gasteiger partial charge in [0.2, 0.25) is 0 Å². The molecule has 19 heavy (non-hydrogen) atoms. The molecule has 2 atom stereocenters. The summed E-state index contributed by atoms with van der Waals surface area (Å²) >= 11 is 0. The van der Waals surface area contributed by atoms with Gasteiger partial charge >= 0.3 is 0 Å². The predicted octanol–water partition coefficient (Wildman–Crippen LogP) is 3.35. The van der Waals surface area contributed by atoms with E-state index in [0.29, 0.717) is 0 Å². The summed E-state index contributed by atoms with van der Waals surface area (Å²) < 4.78 is 11.0. The lowest BCUT2D eigenvalue weighted by atomic mass is 10.0. The van der Waals surface area contributed by atoms with E-state index in [9.17, 15) is 0 Å². The zero-order valence-electron chi connectivity index (χ0n) is 12.0. The molecule has 2 rings (SSSR count). The van der Waals surface area contributed by atoms with Gasteiger partial charge in [0.15, 0.2) is 0 Å². The number of nitrogens with one attached hydrogen (secondary N) is 1. The van der Waals surface area contributed by atoms with Crippen LogP contribution in [0.15, 0.2) is 30.5 Å². The first kappa shape index (κ1) is 13.9. The molecule has 0 radical (unpaired) electrons. The van der Waals surface area contributed by atoms with Crippen molar-refractivity contribution in [2.45, 2.75) is 38.8 Å². The van der Waals surface area contributed by atoms with Gasteiger partial charge in [-0.3, -0.25) is 0 Å². The van der Waals surface area contributed by atoms with Crippen molar-refractivity contribution < 1.29 is 9.47 Å². The van der Waals surface area contributed by atoms with Crippen LogP contribution in [0.25, 0.3) is 0 Å². The Morgan fingerprint density at radius 2 is 2.32 bits per heavy atom. The van der Waals surface area contributed by atoms with Gasteiger partial charge in [-0.2, -0.15) is 0 Å². The fourth-order valence-electron chi connectivity index (χ4n) is 2.35. The molecular formula is C16H23NO2. The van der Waals surface area contributed by atoms with Crippen molar-refractivity contribution >= 4 is 0 Å². The molecule has 0 fully saturated rings. The highest BCUT2D eigenvalue weighted by atomic mass is 16.5. The molecule has 1 aliphatic rings. The molecule has 1 N–H and O–H groups in total. The summed E-state index contributed by atoms with van der Waals surface area (Å²) in [5.41, 5.74) is 2.45. The summed E-state index contributed by atoms with van der Waals surface area (Å²) in [4.78, 5) is 0. The van der Waals surface area contributed by atoms with E-state index in [-0.39, 0.29) is 12.1 Å². The molecule has 0 bridgehead atoms. The molecule has 0 saturated carbocycles. The molecule has 0 saturated heterocycles. The maximum absolute atomic E-state index is 5.57. The van der Waals surface area contributed by atoms with Gasteiger partial charge in [0.1, 0.15) is 11.9 Å². The van der Waals surface area contributed by atoms with E-state index in [4.69, 9.17) is 9.47 Å². The summed E-state index contributed by atoms with van der Waals surface area (Å²) in [6.45, 7) is 5.13. The third-order valence-corrected chi connectivity index (χ3v) is 3.53. The van der Waals surface area contributed by atoms with Gasteiger partial charge in [-0.25, -0.2) is 0 Å². The van der Waals surface area contributed by atoms with Crippen molar-refractivity contribution in [3.63, 3.8) is 0 Å². The first-order valence-corrected chi connectivity index (χ1v) is 6.89. The molecule has 1 aromatic rings. The Labute approximate surface area is 115 Å². The van der Waals surface area contributed by atoms with E-state index in [1.54, 1.807) is 7.11 Å². The average molecular weight is 261 g/mol. The molecule has 1 aromatic carbocycles. The van der Waals surface area contributed by atoms with Gasteiger partial charge in [-0.1, -0.05) is 17.7 Å². The molecule has 0 spiro atoms. The van der Waals surface area contributed by atoms with Crippen LogP contribution in [0.1, 0.15) is 36.9 Å². The van der Waals surface area contributed by atoms with E-state index in [1.807, 2.05) is 12.3 Å². The second-order valence-corrected chi connectivity index (χ2v) is 5.08. The van der Waals surface area contributed by atoms with Crippen LogP contribution < -0.4 is 10.1 Å². The number of aryl methyl sites for hydroxylation is 1. The molecule has 0 aromatic heterocycles. The number of methoxy groups -OCH3 is 1. The summed E-state index contributed by atoms with van der Waals surface area (Å²) in [6.07, 6.45) is 6.36. The lowest BCUT2D eigenvalue weighted by Crippen LogP contribution is -2.31. The second kappa shape index (κ2) is 6.62. The Morgan fingerprint density at radius 3 is 3.00 bits per heavy atom. The lowest BCUT2D eigenvalue weighted by Gasteiger charge is -2.23. The van der Waals surface area contributed by atoms with Crippen LogP contribution in [0, 0.1) is 6.92 Å². The lowest BCUT2D eigenvalue weighted by molar-refractivity contribution is 0.119. The molecule has 1 aliphatic heterocycles. The van der Waals surface area contributed by atoms with Crippen molar-refractivity contribution in [2.75, 3.05) is 13.7 Å². The van der Waals surface area contributed by atoms with Crippen molar-refractivity contribution in [3.05, 3.63) is 41.7 Å². The zero-order valence-corrected chi connectivity index (χ0v) is 12.0. The van der Waals surface area contributed by atoms with Gasteiger partial charge in [0, 0.05) is 18.2 Å². The number of allylic oxidation sites excluding steroid dienone is 1. The summed E-state index contributed by atoms with van der Waals surface area (Å²) in [7, 11) is 1.72. The highest BCUT2D eigenvalue weighted by molar-refractivity contribution is 5.38. The Hall–Kier alpha value is -1.48. The van der Waals surface area contributed by atoms with Crippen LogP contribution in [0.5, 0.6) is 5.75 Å². The van der Waals surface area contributed by atoms with Crippen LogP contribution in [0.3, 0.4) is 0 Å². The van der Waals surface area contributed by atoms with Crippen LogP contribution in [0.4, 0.5) is 0 Å². The average Bonchev–Trinajstić information content (AvgIpc) is 2.46. The van der Waals surface area contributed by atoms with Gasteiger partial charge in [-0.05, 0) is 38.8 Å². The summed E-state index contributed by atoms with van der Waals surface area (Å²) in [6, 6.07) is 6.54. The van der Waals surface area contributed by atoms with Gasteiger partial charge < -0.3 is 14.8 Å². The molecule has 0 aliphatic carbocycles. The third-order valence-electron chi connectivity index (χ3n) is 3.53. The predicted molar refractivity (Wildman–Crippen MR) is 77.4 cm³/mol. The van der Waals surface area contributed by atoms with Gasteiger partial charge in [0.25, 0.3) is 0 Å². The minimum Gasteiger partial charge on any atom is -0.497 e. The van der Waals surface area contributed by atoms with Crippen LogP contribution in [0.2, 0.25) is 0 Å². The highest BCUT2D eigenvalue weighted by Gasteiger charge is 2.15. The maximum atomic E-state index is 5.57. The quantitative estimate of drug-likeness (QED) is 0.881. The Kier molecular flexibility index (Phi) is 4.86. The molecule has 3 nitrogen and oxygen atoms in total. The van der Waals surface area contributed by atoms with Crippen LogP contribution in [-0.2, 0) is 4.74 Å². The Morgan fingerprint density at radius 1 is 1.47 bits per heavy atom. The van der Waals surface area contributed by atoms with E-state index in [2.05, 4.69) is 37.4 Å². The van der Waals surface area contributed by atoms with Crippen molar-refractivity contribution in [2.24, 2.45) is 0 Å². The Balaban J connectivity index is 1.96. The number of rotatable bonds is 5. The fourth-order valence-corrected chi connectivity index (χ4v) is 2.35. The minimum absolute atomic E-state index is 0.254. The SMILES string of the molecule is COc1ccc(C)cc1C(C)NCC1CCC=CO1. The monoisotopic (exact) mass is 261 g/mol. The van der Waals surface area contributed by atoms with Crippen LogP contribution in [-0.4, -0.2) is 19.8 Å². The molecule has 0 amide bonds. The smallest absolute Gasteiger partial charge is 0.123 e. The normalized spacial score (nSPS) is 19.8. The summed E-state index contributed by atoms with van der Waals surface area (Å²) in [5, 5.41) is 3.53. The third kappa shape index (κ3) is 3.74. The zero-order chi connectivity index (χ0) is 13.7. The van der Waals surface area contributed by atoms with E-state index < -0.39 is 0 Å². The molecule has 1 heterocycles. The molecule has 2 unspecified atom stereocenters. The Bertz CT molecular complexity index is 442. The van der Waals surface area contributed by atoms with E-state index >= 15 is 0 Å². The fraction of sp³-hybridized carbons (Fsp3) is 0.500. The molecular weight excluding hydrogens is 238 g/mol. The van der Waals surface area contributed by atoms with E-state index in [0.717, 1.165) is 25.1 Å². The van der Waals surface area contributed by atoms with Gasteiger partial charge in [0.05, 0.1) is 13.4 Å². The van der Waals surface area contributed by atoms with E-state index in [1.165, 1.54) is 11.1 Å². The second-order valence-electron chi connectivity index (χ2n) is 5.08. The first-order valence-electron chi connectivity index (χ1n) is 6.89. The van der Waals surface area contributed by atoms with Crippen LogP contribution >= 0.6 is 0 Å². The first-order chi connectivity index (χ1) is 9.20. The minimum atomic E-state index is 0.254.